The Kier molecular flexibility index (Phi) is 6.40. The van der Waals surface area contributed by atoms with Gasteiger partial charge in [-0.3, -0.25) is 29.7 Å². The summed E-state index contributed by atoms with van der Waals surface area (Å²) >= 11 is 0. The molecule has 0 saturated carbocycles. The predicted molar refractivity (Wildman–Crippen MR) is 121 cm³/mol. The molecular formula is C21H18N4O7S. The molecule has 2 N–H and O–H groups in total. The minimum Gasteiger partial charge on any atom is -0.322 e. The van der Waals surface area contributed by atoms with Crippen molar-refractivity contribution in [3.63, 3.8) is 0 Å². The molecule has 0 aliphatic rings. The lowest BCUT2D eigenvalue weighted by molar-refractivity contribution is -0.394. The van der Waals surface area contributed by atoms with Gasteiger partial charge in [0.25, 0.3) is 27.3 Å². The minimum absolute atomic E-state index is 0.0512. The van der Waals surface area contributed by atoms with Gasteiger partial charge < -0.3 is 5.32 Å². The van der Waals surface area contributed by atoms with Crippen LogP contribution in [0.1, 0.15) is 21.5 Å². The van der Waals surface area contributed by atoms with Crippen molar-refractivity contribution in [2.24, 2.45) is 0 Å². The van der Waals surface area contributed by atoms with Gasteiger partial charge in [0, 0.05) is 23.5 Å². The van der Waals surface area contributed by atoms with Crippen LogP contribution in [0.4, 0.5) is 22.7 Å². The number of nitro benzene ring substituents is 2. The Hall–Kier alpha value is -4.32. The molecule has 3 aromatic carbocycles. The molecule has 0 atom stereocenters. The lowest BCUT2D eigenvalue weighted by Gasteiger charge is -2.11. The summed E-state index contributed by atoms with van der Waals surface area (Å²) < 4.78 is 27.7. The topological polar surface area (TPSA) is 162 Å². The number of aryl methyl sites for hydroxylation is 2. The van der Waals surface area contributed by atoms with Crippen molar-refractivity contribution in [2.75, 3.05) is 10.0 Å². The third kappa shape index (κ3) is 5.49. The highest BCUT2D eigenvalue weighted by molar-refractivity contribution is 7.92. The van der Waals surface area contributed by atoms with Crippen LogP contribution in [-0.2, 0) is 10.0 Å². The van der Waals surface area contributed by atoms with Crippen molar-refractivity contribution < 1.29 is 23.1 Å². The SMILES string of the molecule is Cc1ccc(NS(=O)(=O)c2ccc(NC(=O)c3cc([N+](=O)[O-])cc([N+](=O)[O-])c3)cc2)cc1C. The lowest BCUT2D eigenvalue weighted by Crippen LogP contribution is -2.14. The summed E-state index contributed by atoms with van der Waals surface area (Å²) in [6.07, 6.45) is 0. The fourth-order valence-electron chi connectivity index (χ4n) is 2.88. The van der Waals surface area contributed by atoms with E-state index < -0.39 is 37.2 Å². The number of amides is 1. The molecule has 11 nitrogen and oxygen atoms in total. The van der Waals surface area contributed by atoms with Crippen molar-refractivity contribution >= 4 is 38.7 Å². The highest BCUT2D eigenvalue weighted by Crippen LogP contribution is 2.24. The van der Waals surface area contributed by atoms with Gasteiger partial charge in [0.05, 0.1) is 26.4 Å². The molecule has 0 radical (unpaired) electrons. The van der Waals surface area contributed by atoms with Crippen LogP contribution in [0.2, 0.25) is 0 Å². The molecule has 170 valence electrons. The van der Waals surface area contributed by atoms with Crippen LogP contribution in [0.3, 0.4) is 0 Å². The van der Waals surface area contributed by atoms with Crippen molar-refractivity contribution in [3.05, 3.63) is 97.6 Å². The van der Waals surface area contributed by atoms with Crippen molar-refractivity contribution in [1.82, 2.24) is 0 Å². The first-order valence-corrected chi connectivity index (χ1v) is 10.9. The summed E-state index contributed by atoms with van der Waals surface area (Å²) in [5.41, 5.74) is 1.05. The van der Waals surface area contributed by atoms with Gasteiger partial charge in [-0.15, -0.1) is 0 Å². The molecule has 0 spiro atoms. The van der Waals surface area contributed by atoms with Gasteiger partial charge in [-0.25, -0.2) is 8.42 Å². The highest BCUT2D eigenvalue weighted by atomic mass is 32.2. The molecule has 3 aromatic rings. The van der Waals surface area contributed by atoms with E-state index in [9.17, 15) is 33.4 Å². The molecule has 33 heavy (non-hydrogen) atoms. The summed E-state index contributed by atoms with van der Waals surface area (Å²) in [5, 5.41) is 24.4. The Morgan fingerprint density at radius 3 is 1.85 bits per heavy atom. The molecule has 0 fully saturated rings. The van der Waals surface area contributed by atoms with Gasteiger partial charge >= 0.3 is 0 Å². The van der Waals surface area contributed by atoms with Crippen molar-refractivity contribution in [2.45, 2.75) is 18.7 Å². The number of carbonyl (C=O) groups excluding carboxylic acids is 1. The normalized spacial score (nSPS) is 11.0. The molecule has 0 aliphatic carbocycles. The van der Waals surface area contributed by atoms with Crippen LogP contribution in [0.25, 0.3) is 0 Å². The highest BCUT2D eigenvalue weighted by Gasteiger charge is 2.20. The number of anilines is 2. The number of carbonyl (C=O) groups is 1. The molecule has 0 aliphatic heterocycles. The number of nitro groups is 2. The smallest absolute Gasteiger partial charge is 0.277 e. The van der Waals surface area contributed by atoms with E-state index in [1.165, 1.54) is 24.3 Å². The van der Waals surface area contributed by atoms with E-state index in [0.717, 1.165) is 29.3 Å². The Morgan fingerprint density at radius 2 is 1.33 bits per heavy atom. The number of nitrogens with one attached hydrogen (secondary N) is 2. The second kappa shape index (κ2) is 9.04. The fourth-order valence-corrected chi connectivity index (χ4v) is 3.93. The molecule has 1 amide bonds. The summed E-state index contributed by atoms with van der Waals surface area (Å²) in [5.74, 6) is -0.828. The number of nitrogens with zero attached hydrogens (tertiary/aromatic N) is 2. The Bertz CT molecular complexity index is 1340. The molecule has 12 heteroatoms. The summed E-state index contributed by atoms with van der Waals surface area (Å²) in [4.78, 5) is 32.7. The summed E-state index contributed by atoms with van der Waals surface area (Å²) in [6.45, 7) is 3.77. The number of sulfonamides is 1. The third-order valence-electron chi connectivity index (χ3n) is 4.77. The van der Waals surface area contributed by atoms with Crippen molar-refractivity contribution in [3.8, 4) is 0 Å². The zero-order valence-corrected chi connectivity index (χ0v) is 18.3. The van der Waals surface area contributed by atoms with Crippen LogP contribution in [0.5, 0.6) is 0 Å². The maximum Gasteiger partial charge on any atom is 0.277 e. The van der Waals surface area contributed by atoms with E-state index in [1.807, 2.05) is 13.8 Å². The molecule has 3 rings (SSSR count). The minimum atomic E-state index is -3.88. The second-order valence-electron chi connectivity index (χ2n) is 7.14. The van der Waals surface area contributed by atoms with Crippen LogP contribution < -0.4 is 10.0 Å². The van der Waals surface area contributed by atoms with Gasteiger partial charge in [-0.2, -0.15) is 0 Å². The van der Waals surface area contributed by atoms with Crippen LogP contribution >= 0.6 is 0 Å². The first-order valence-electron chi connectivity index (χ1n) is 9.41. The monoisotopic (exact) mass is 470 g/mol. The Balaban J connectivity index is 1.79. The van der Waals surface area contributed by atoms with E-state index in [4.69, 9.17) is 0 Å². The zero-order chi connectivity index (χ0) is 24.3. The predicted octanol–water partition coefficient (Wildman–Crippen LogP) is 4.17. The number of non-ortho nitro benzene ring substituents is 2. The van der Waals surface area contributed by atoms with E-state index in [-0.39, 0.29) is 16.1 Å². The number of hydrogen-bond donors (Lipinski definition) is 2. The average molecular weight is 470 g/mol. The molecule has 0 unspecified atom stereocenters. The van der Waals surface area contributed by atoms with Gasteiger partial charge in [-0.05, 0) is 61.4 Å². The van der Waals surface area contributed by atoms with Gasteiger partial charge in [0.2, 0.25) is 0 Å². The van der Waals surface area contributed by atoms with E-state index in [1.54, 1.807) is 18.2 Å². The van der Waals surface area contributed by atoms with Gasteiger partial charge in [-0.1, -0.05) is 6.07 Å². The summed E-state index contributed by atoms with van der Waals surface area (Å²) in [6, 6.07) is 12.9. The largest absolute Gasteiger partial charge is 0.322 e. The van der Waals surface area contributed by atoms with Gasteiger partial charge in [0.15, 0.2) is 0 Å². The van der Waals surface area contributed by atoms with Crippen LogP contribution in [0.15, 0.2) is 65.6 Å². The van der Waals surface area contributed by atoms with E-state index in [0.29, 0.717) is 5.69 Å². The third-order valence-corrected chi connectivity index (χ3v) is 6.17. The zero-order valence-electron chi connectivity index (χ0n) is 17.4. The first kappa shape index (κ1) is 23.3. The second-order valence-corrected chi connectivity index (χ2v) is 8.82. The number of rotatable bonds is 7. The maximum atomic E-state index is 12.6. The Morgan fingerprint density at radius 1 is 0.788 bits per heavy atom. The maximum absolute atomic E-state index is 12.6. The number of hydrogen-bond acceptors (Lipinski definition) is 7. The quantitative estimate of drug-likeness (QED) is 0.387. The standard InChI is InChI=1S/C21H18N4O7S/c1-13-3-4-17(9-14(13)2)23-33(31,32)20-7-5-16(6-8-20)22-21(26)15-10-18(24(27)28)12-19(11-15)25(29)30/h3-12,23H,1-2H3,(H,22,26). The average Bonchev–Trinajstić information content (AvgIpc) is 2.76. The molecular weight excluding hydrogens is 452 g/mol. The summed E-state index contributed by atoms with van der Waals surface area (Å²) in [7, 11) is -3.88. The molecule has 0 saturated heterocycles. The molecule has 0 aromatic heterocycles. The first-order chi connectivity index (χ1) is 15.5. The van der Waals surface area contributed by atoms with Crippen LogP contribution in [-0.4, -0.2) is 24.2 Å². The van der Waals surface area contributed by atoms with E-state index in [2.05, 4.69) is 10.0 Å². The fraction of sp³-hybridized carbons (Fsp3) is 0.0952. The van der Waals surface area contributed by atoms with E-state index >= 15 is 0 Å². The molecule has 0 bridgehead atoms. The number of benzene rings is 3. The van der Waals surface area contributed by atoms with Gasteiger partial charge in [0.1, 0.15) is 0 Å². The molecule has 0 heterocycles. The lowest BCUT2D eigenvalue weighted by atomic mass is 10.1. The Labute approximate surface area is 188 Å². The van der Waals surface area contributed by atoms with Crippen molar-refractivity contribution in [1.29, 1.82) is 0 Å². The van der Waals surface area contributed by atoms with Crippen LogP contribution in [0, 0.1) is 34.1 Å².